The van der Waals surface area contributed by atoms with Crippen LogP contribution in [0.5, 0.6) is 5.75 Å². The monoisotopic (exact) mass is 358 g/mol. The van der Waals surface area contributed by atoms with Gasteiger partial charge < -0.3 is 9.64 Å². The van der Waals surface area contributed by atoms with Crippen molar-refractivity contribution in [2.75, 3.05) is 32.7 Å². The average molecular weight is 359 g/mol. The molecule has 1 saturated heterocycles. The summed E-state index contributed by atoms with van der Waals surface area (Å²) in [7, 11) is 0. The van der Waals surface area contributed by atoms with Crippen LogP contribution in [0.15, 0.2) is 18.2 Å². The topological polar surface area (TPSA) is 32.8 Å². The number of amides is 1. The SMILES string of the molecule is CC(C)CN1CCN(C(=O)C(C)Oc2cccc(Cl)c2Cl)CC1. The molecule has 0 spiro atoms. The Morgan fingerprint density at radius 2 is 1.83 bits per heavy atom. The number of ether oxygens (including phenoxy) is 1. The number of halogens is 2. The number of hydrogen-bond donors (Lipinski definition) is 0. The molecule has 1 amide bonds. The first-order valence-electron chi connectivity index (χ1n) is 8.00. The number of carbonyl (C=O) groups is 1. The van der Waals surface area contributed by atoms with E-state index in [2.05, 4.69) is 18.7 Å². The maximum atomic E-state index is 12.5. The van der Waals surface area contributed by atoms with Crippen molar-refractivity contribution in [2.24, 2.45) is 5.92 Å². The van der Waals surface area contributed by atoms with Gasteiger partial charge in [0.1, 0.15) is 10.8 Å². The van der Waals surface area contributed by atoms with Gasteiger partial charge in [0.2, 0.25) is 0 Å². The first kappa shape index (κ1) is 18.4. The van der Waals surface area contributed by atoms with Crippen LogP contribution in [0.1, 0.15) is 20.8 Å². The van der Waals surface area contributed by atoms with E-state index in [0.29, 0.717) is 21.7 Å². The van der Waals surface area contributed by atoms with Gasteiger partial charge >= 0.3 is 0 Å². The van der Waals surface area contributed by atoms with E-state index in [4.69, 9.17) is 27.9 Å². The summed E-state index contributed by atoms with van der Waals surface area (Å²) in [6.07, 6.45) is -0.581. The molecule has 6 heteroatoms. The van der Waals surface area contributed by atoms with Gasteiger partial charge in [-0.1, -0.05) is 43.1 Å². The lowest BCUT2D eigenvalue weighted by Crippen LogP contribution is -2.52. The summed E-state index contributed by atoms with van der Waals surface area (Å²) in [5.41, 5.74) is 0. The highest BCUT2D eigenvalue weighted by Gasteiger charge is 2.26. The predicted molar refractivity (Wildman–Crippen MR) is 94.4 cm³/mol. The van der Waals surface area contributed by atoms with E-state index < -0.39 is 6.10 Å². The van der Waals surface area contributed by atoms with Crippen molar-refractivity contribution in [1.29, 1.82) is 0 Å². The van der Waals surface area contributed by atoms with Crippen LogP contribution in [0.25, 0.3) is 0 Å². The highest BCUT2D eigenvalue weighted by molar-refractivity contribution is 6.42. The van der Waals surface area contributed by atoms with Gasteiger partial charge in [0.05, 0.1) is 5.02 Å². The number of rotatable bonds is 5. The first-order chi connectivity index (χ1) is 10.9. The average Bonchev–Trinajstić information content (AvgIpc) is 2.51. The van der Waals surface area contributed by atoms with Crippen LogP contribution < -0.4 is 4.74 Å². The molecule has 0 bridgehead atoms. The molecule has 0 radical (unpaired) electrons. The Bertz CT molecular complexity index is 543. The van der Waals surface area contributed by atoms with Crippen molar-refractivity contribution in [3.05, 3.63) is 28.2 Å². The molecule has 1 fully saturated rings. The van der Waals surface area contributed by atoms with E-state index in [0.717, 1.165) is 32.7 Å². The van der Waals surface area contributed by atoms with Crippen molar-refractivity contribution >= 4 is 29.1 Å². The molecule has 1 aliphatic heterocycles. The van der Waals surface area contributed by atoms with Crippen molar-refractivity contribution in [2.45, 2.75) is 26.9 Å². The zero-order chi connectivity index (χ0) is 17.0. The molecule has 1 atom stereocenters. The van der Waals surface area contributed by atoms with Gasteiger partial charge in [0, 0.05) is 32.7 Å². The predicted octanol–water partition coefficient (Wildman–Crippen LogP) is 3.56. The minimum absolute atomic E-state index is 0.00904. The van der Waals surface area contributed by atoms with Crippen LogP contribution in [0.4, 0.5) is 0 Å². The highest BCUT2D eigenvalue weighted by Crippen LogP contribution is 2.32. The molecular formula is C17H24Cl2N2O2. The number of hydrogen-bond acceptors (Lipinski definition) is 3. The molecule has 1 aromatic rings. The van der Waals surface area contributed by atoms with Crippen LogP contribution in [-0.4, -0.2) is 54.5 Å². The van der Waals surface area contributed by atoms with Gasteiger partial charge in [-0.2, -0.15) is 0 Å². The van der Waals surface area contributed by atoms with Crippen molar-refractivity contribution < 1.29 is 9.53 Å². The molecule has 23 heavy (non-hydrogen) atoms. The van der Waals surface area contributed by atoms with Gasteiger partial charge in [-0.25, -0.2) is 0 Å². The minimum atomic E-state index is -0.581. The Morgan fingerprint density at radius 3 is 2.43 bits per heavy atom. The number of nitrogens with zero attached hydrogens (tertiary/aromatic N) is 2. The van der Waals surface area contributed by atoms with Gasteiger partial charge in [-0.15, -0.1) is 0 Å². The van der Waals surface area contributed by atoms with Crippen molar-refractivity contribution in [3.63, 3.8) is 0 Å². The maximum absolute atomic E-state index is 12.5. The molecule has 2 rings (SSSR count). The quantitative estimate of drug-likeness (QED) is 0.806. The van der Waals surface area contributed by atoms with Gasteiger partial charge in [-0.05, 0) is 25.0 Å². The van der Waals surface area contributed by atoms with Gasteiger partial charge in [0.15, 0.2) is 6.10 Å². The summed E-state index contributed by atoms with van der Waals surface area (Å²) in [5.74, 6) is 1.08. The fourth-order valence-corrected chi connectivity index (χ4v) is 3.08. The molecule has 1 unspecified atom stereocenters. The molecule has 1 aromatic carbocycles. The van der Waals surface area contributed by atoms with Crippen LogP contribution in [-0.2, 0) is 4.79 Å². The lowest BCUT2D eigenvalue weighted by Gasteiger charge is -2.36. The van der Waals surface area contributed by atoms with Crippen LogP contribution in [0.3, 0.4) is 0 Å². The second kappa shape index (κ2) is 8.22. The Kier molecular flexibility index (Phi) is 6.57. The Balaban J connectivity index is 1.89. The van der Waals surface area contributed by atoms with Crippen LogP contribution >= 0.6 is 23.2 Å². The molecule has 0 N–H and O–H groups in total. The second-order valence-electron chi connectivity index (χ2n) is 6.33. The second-order valence-corrected chi connectivity index (χ2v) is 7.12. The third kappa shape index (κ3) is 5.00. The fourth-order valence-electron chi connectivity index (χ4n) is 2.74. The largest absolute Gasteiger partial charge is 0.479 e. The van der Waals surface area contributed by atoms with E-state index >= 15 is 0 Å². The fraction of sp³-hybridized carbons (Fsp3) is 0.588. The summed E-state index contributed by atoms with van der Waals surface area (Å²) in [4.78, 5) is 16.8. The van der Waals surface area contributed by atoms with Crippen molar-refractivity contribution in [1.82, 2.24) is 9.80 Å². The zero-order valence-corrected chi connectivity index (χ0v) is 15.4. The van der Waals surface area contributed by atoms with Crippen molar-refractivity contribution in [3.8, 4) is 5.75 Å². The lowest BCUT2D eigenvalue weighted by atomic mass is 10.2. The smallest absolute Gasteiger partial charge is 0.263 e. The van der Waals surface area contributed by atoms with Gasteiger partial charge in [-0.3, -0.25) is 9.69 Å². The lowest BCUT2D eigenvalue weighted by molar-refractivity contribution is -0.139. The standard InChI is InChI=1S/C17H24Cl2N2O2/c1-12(2)11-20-7-9-21(10-8-20)17(22)13(3)23-15-6-4-5-14(18)16(15)19/h4-6,12-13H,7-11H2,1-3H3. The van der Waals surface area contributed by atoms with E-state index in [1.165, 1.54) is 0 Å². The normalized spacial score (nSPS) is 17.4. The first-order valence-corrected chi connectivity index (χ1v) is 8.76. The summed E-state index contributed by atoms with van der Waals surface area (Å²) < 4.78 is 5.71. The maximum Gasteiger partial charge on any atom is 0.263 e. The number of benzene rings is 1. The van der Waals surface area contributed by atoms with E-state index in [-0.39, 0.29) is 5.91 Å². The zero-order valence-electron chi connectivity index (χ0n) is 13.9. The van der Waals surface area contributed by atoms with E-state index in [1.54, 1.807) is 25.1 Å². The van der Waals surface area contributed by atoms with Gasteiger partial charge in [0.25, 0.3) is 5.91 Å². The minimum Gasteiger partial charge on any atom is -0.479 e. The molecule has 0 aromatic heterocycles. The number of piperazine rings is 1. The summed E-state index contributed by atoms with van der Waals surface area (Å²) in [6, 6.07) is 5.17. The summed E-state index contributed by atoms with van der Waals surface area (Å²) >= 11 is 12.1. The third-order valence-corrected chi connectivity index (χ3v) is 4.68. The molecule has 128 valence electrons. The van der Waals surface area contributed by atoms with E-state index in [9.17, 15) is 4.79 Å². The van der Waals surface area contributed by atoms with Crippen LogP contribution in [0.2, 0.25) is 10.0 Å². The van der Waals surface area contributed by atoms with Crippen LogP contribution in [0, 0.1) is 5.92 Å². The molecule has 1 heterocycles. The molecule has 1 aliphatic rings. The molecule has 0 aliphatic carbocycles. The highest BCUT2D eigenvalue weighted by atomic mass is 35.5. The Hall–Kier alpha value is -0.970. The number of carbonyl (C=O) groups excluding carboxylic acids is 1. The Labute approximate surface area is 148 Å². The molecular weight excluding hydrogens is 335 g/mol. The Morgan fingerprint density at radius 1 is 1.17 bits per heavy atom. The summed E-state index contributed by atoms with van der Waals surface area (Å²) in [5, 5.41) is 0.765. The molecule has 4 nitrogen and oxygen atoms in total. The summed E-state index contributed by atoms with van der Waals surface area (Å²) in [6.45, 7) is 10.5. The van der Waals surface area contributed by atoms with E-state index in [1.807, 2.05) is 4.90 Å². The third-order valence-electron chi connectivity index (χ3n) is 3.87. The molecule has 0 saturated carbocycles.